The highest BCUT2D eigenvalue weighted by atomic mass is 79.9. The van der Waals surface area contributed by atoms with Gasteiger partial charge in [0.25, 0.3) is 5.91 Å². The lowest BCUT2D eigenvalue weighted by Gasteiger charge is -2.30. The predicted octanol–water partition coefficient (Wildman–Crippen LogP) is 4.53. The molecule has 3 aromatic rings. The Morgan fingerprint density at radius 3 is 2.64 bits per heavy atom. The van der Waals surface area contributed by atoms with Crippen molar-refractivity contribution in [2.24, 2.45) is 0 Å². The number of hydrogen-bond acceptors (Lipinski definition) is 5. The van der Waals surface area contributed by atoms with Crippen molar-refractivity contribution in [3.8, 4) is 17.1 Å². The molecule has 0 spiro atoms. The zero-order valence-electron chi connectivity index (χ0n) is 15.5. The Hall–Kier alpha value is -2.67. The van der Waals surface area contributed by atoms with E-state index in [0.717, 1.165) is 28.6 Å². The van der Waals surface area contributed by atoms with Gasteiger partial charge in [-0.1, -0.05) is 33.2 Å². The van der Waals surface area contributed by atoms with E-state index in [4.69, 9.17) is 9.26 Å². The zero-order chi connectivity index (χ0) is 19.5. The molecule has 0 aliphatic carbocycles. The van der Waals surface area contributed by atoms with Crippen molar-refractivity contribution in [1.82, 2.24) is 15.0 Å². The average molecular weight is 442 g/mol. The Balaban J connectivity index is 1.41. The maximum atomic E-state index is 12.7. The molecule has 0 bridgehead atoms. The Bertz CT molecular complexity index is 963. The van der Waals surface area contributed by atoms with Gasteiger partial charge in [0.1, 0.15) is 5.75 Å². The van der Waals surface area contributed by atoms with Crippen molar-refractivity contribution in [3.63, 3.8) is 0 Å². The molecule has 0 N–H and O–H groups in total. The SMILES string of the molecule is COc1cccc(-c2noc(C3CCN(C(=O)c4ccc(Br)cc4)CC3)n2)c1. The highest BCUT2D eigenvalue weighted by Gasteiger charge is 2.28. The van der Waals surface area contributed by atoms with Crippen molar-refractivity contribution in [3.05, 3.63) is 64.5 Å². The topological polar surface area (TPSA) is 68.5 Å². The second-order valence-electron chi connectivity index (χ2n) is 6.76. The molecule has 1 fully saturated rings. The average Bonchev–Trinajstić information content (AvgIpc) is 3.24. The maximum absolute atomic E-state index is 12.7. The molecule has 0 atom stereocenters. The van der Waals surface area contributed by atoms with Crippen molar-refractivity contribution in [2.75, 3.05) is 20.2 Å². The molecule has 7 heteroatoms. The summed E-state index contributed by atoms with van der Waals surface area (Å²) in [5.41, 5.74) is 1.57. The number of benzene rings is 2. The number of likely N-dealkylation sites (tertiary alicyclic amines) is 1. The van der Waals surface area contributed by atoms with E-state index in [2.05, 4.69) is 26.1 Å². The lowest BCUT2D eigenvalue weighted by molar-refractivity contribution is 0.0704. The van der Waals surface area contributed by atoms with E-state index in [0.29, 0.717) is 30.4 Å². The molecule has 0 radical (unpaired) electrons. The minimum absolute atomic E-state index is 0.0635. The molecule has 0 saturated carbocycles. The minimum atomic E-state index is 0.0635. The lowest BCUT2D eigenvalue weighted by Crippen LogP contribution is -2.37. The monoisotopic (exact) mass is 441 g/mol. The summed E-state index contributed by atoms with van der Waals surface area (Å²) in [4.78, 5) is 19.1. The van der Waals surface area contributed by atoms with Crippen molar-refractivity contribution < 1.29 is 14.1 Å². The van der Waals surface area contributed by atoms with Crippen molar-refractivity contribution in [2.45, 2.75) is 18.8 Å². The number of amides is 1. The number of hydrogen-bond donors (Lipinski definition) is 0. The molecule has 1 aliphatic heterocycles. The molecule has 1 saturated heterocycles. The van der Waals surface area contributed by atoms with Crippen molar-refractivity contribution >= 4 is 21.8 Å². The van der Waals surface area contributed by atoms with Gasteiger partial charge in [-0.15, -0.1) is 0 Å². The van der Waals surface area contributed by atoms with Gasteiger partial charge >= 0.3 is 0 Å². The fourth-order valence-electron chi connectivity index (χ4n) is 3.39. The van der Waals surface area contributed by atoms with Crippen molar-refractivity contribution in [1.29, 1.82) is 0 Å². The third kappa shape index (κ3) is 3.94. The van der Waals surface area contributed by atoms with Gasteiger partial charge in [0.05, 0.1) is 7.11 Å². The van der Waals surface area contributed by atoms with Gasteiger partial charge in [-0.2, -0.15) is 4.98 Å². The third-order valence-electron chi connectivity index (χ3n) is 4.99. The van der Waals surface area contributed by atoms with E-state index in [1.54, 1.807) is 7.11 Å². The summed E-state index contributed by atoms with van der Waals surface area (Å²) in [6.45, 7) is 1.35. The first-order valence-corrected chi connectivity index (χ1v) is 9.96. The van der Waals surface area contributed by atoms with Crippen LogP contribution in [-0.4, -0.2) is 41.1 Å². The number of nitrogens with zero attached hydrogens (tertiary/aromatic N) is 3. The van der Waals surface area contributed by atoms with E-state index in [9.17, 15) is 4.79 Å². The van der Waals surface area contributed by atoms with Crippen LogP contribution >= 0.6 is 15.9 Å². The van der Waals surface area contributed by atoms with Crippen LogP contribution in [-0.2, 0) is 0 Å². The maximum Gasteiger partial charge on any atom is 0.253 e. The van der Waals surface area contributed by atoms with E-state index in [1.165, 1.54) is 0 Å². The number of aromatic nitrogens is 2. The van der Waals surface area contributed by atoms with Crippen LogP contribution in [0.5, 0.6) is 5.75 Å². The molecular formula is C21H20BrN3O3. The standard InChI is InChI=1S/C21H20BrN3O3/c1-27-18-4-2-3-16(13-18)19-23-20(28-24-19)14-9-11-25(12-10-14)21(26)15-5-7-17(22)8-6-15/h2-8,13-14H,9-12H2,1H3. The molecule has 1 aliphatic rings. The summed E-state index contributed by atoms with van der Waals surface area (Å²) in [5.74, 6) is 2.17. The number of carbonyl (C=O) groups excluding carboxylic acids is 1. The van der Waals surface area contributed by atoms with Crippen LogP contribution in [0.4, 0.5) is 0 Å². The van der Waals surface area contributed by atoms with Crippen LogP contribution in [0.2, 0.25) is 0 Å². The smallest absolute Gasteiger partial charge is 0.253 e. The number of piperidine rings is 1. The largest absolute Gasteiger partial charge is 0.497 e. The third-order valence-corrected chi connectivity index (χ3v) is 5.52. The second kappa shape index (κ2) is 8.14. The molecule has 2 aromatic carbocycles. The van der Waals surface area contributed by atoms with Crippen LogP contribution in [0.25, 0.3) is 11.4 Å². The summed E-state index contributed by atoms with van der Waals surface area (Å²) in [5, 5.41) is 4.12. The molecular weight excluding hydrogens is 422 g/mol. The number of halogens is 1. The Morgan fingerprint density at radius 2 is 1.93 bits per heavy atom. The number of rotatable bonds is 4. The molecule has 1 amide bonds. The normalized spacial score (nSPS) is 14.9. The van der Waals surface area contributed by atoms with E-state index >= 15 is 0 Å². The van der Waals surface area contributed by atoms with Crippen LogP contribution < -0.4 is 4.74 Å². The van der Waals surface area contributed by atoms with Gasteiger partial charge < -0.3 is 14.2 Å². The zero-order valence-corrected chi connectivity index (χ0v) is 17.1. The molecule has 2 heterocycles. The predicted molar refractivity (Wildman–Crippen MR) is 108 cm³/mol. The van der Waals surface area contributed by atoms with E-state index < -0.39 is 0 Å². The highest BCUT2D eigenvalue weighted by Crippen LogP contribution is 2.30. The molecule has 0 unspecified atom stereocenters. The van der Waals surface area contributed by atoms with E-state index in [-0.39, 0.29) is 11.8 Å². The molecule has 1 aromatic heterocycles. The second-order valence-corrected chi connectivity index (χ2v) is 7.68. The van der Waals surface area contributed by atoms with Crippen LogP contribution in [0, 0.1) is 0 Å². The van der Waals surface area contributed by atoms with Crippen LogP contribution in [0.3, 0.4) is 0 Å². The fourth-order valence-corrected chi connectivity index (χ4v) is 3.65. The molecule has 4 rings (SSSR count). The first kappa shape index (κ1) is 18.7. The summed E-state index contributed by atoms with van der Waals surface area (Å²) >= 11 is 3.40. The Kier molecular flexibility index (Phi) is 5.43. The number of methoxy groups -OCH3 is 1. The lowest BCUT2D eigenvalue weighted by atomic mass is 9.96. The van der Waals surface area contributed by atoms with Gasteiger partial charge in [-0.3, -0.25) is 4.79 Å². The van der Waals surface area contributed by atoms with Gasteiger partial charge in [0.15, 0.2) is 0 Å². The van der Waals surface area contributed by atoms with E-state index in [1.807, 2.05) is 53.4 Å². The van der Waals surface area contributed by atoms with Gasteiger partial charge in [0, 0.05) is 34.6 Å². The number of ether oxygens (including phenoxy) is 1. The Labute approximate surface area is 171 Å². The first-order chi connectivity index (χ1) is 13.6. The quantitative estimate of drug-likeness (QED) is 0.594. The molecule has 6 nitrogen and oxygen atoms in total. The summed E-state index contributed by atoms with van der Waals surface area (Å²) in [7, 11) is 1.63. The van der Waals surface area contributed by atoms with Gasteiger partial charge in [0.2, 0.25) is 11.7 Å². The summed E-state index contributed by atoms with van der Waals surface area (Å²) in [6.07, 6.45) is 1.62. The first-order valence-electron chi connectivity index (χ1n) is 9.17. The molecule has 144 valence electrons. The highest BCUT2D eigenvalue weighted by molar-refractivity contribution is 9.10. The van der Waals surface area contributed by atoms with Gasteiger partial charge in [-0.05, 0) is 49.2 Å². The number of carbonyl (C=O) groups is 1. The summed E-state index contributed by atoms with van der Waals surface area (Å²) < 4.78 is 11.7. The summed E-state index contributed by atoms with van der Waals surface area (Å²) in [6, 6.07) is 15.1. The van der Waals surface area contributed by atoms with Gasteiger partial charge in [-0.25, -0.2) is 0 Å². The van der Waals surface area contributed by atoms with Crippen LogP contribution in [0.15, 0.2) is 57.5 Å². The van der Waals surface area contributed by atoms with Crippen LogP contribution in [0.1, 0.15) is 35.0 Å². The Morgan fingerprint density at radius 1 is 1.18 bits per heavy atom. The molecule has 28 heavy (non-hydrogen) atoms. The fraction of sp³-hybridized carbons (Fsp3) is 0.286. The minimum Gasteiger partial charge on any atom is -0.497 e.